The second kappa shape index (κ2) is 18.6. The van der Waals surface area contributed by atoms with E-state index in [0.717, 1.165) is 110 Å². The molecule has 0 saturated heterocycles. The van der Waals surface area contributed by atoms with E-state index in [0.29, 0.717) is 10.8 Å². The first-order chi connectivity index (χ1) is 29.5. The topological polar surface area (TPSA) is 52.6 Å². The first-order valence-electron chi connectivity index (χ1n) is 27.2. The van der Waals surface area contributed by atoms with E-state index in [1.807, 2.05) is 0 Å². The maximum atomic E-state index is 13.3. The standard InChI is InChI=1S/C58H94O4/c1-37(2)13-11-15-39(5)47-21-23-49-45-19-17-41-35-43(27-31-55(41,7)51(45)29-33-57(47,49)9)61-53(59)25-26-54(60)62-44-28-32-56(8)42(36-44)18-20-46-50-24-22-48(40(6)16-12-14-38(3)4)58(50,10)34-30-52(46)56/h17-18,37-40,43-52H,11-16,19-36H2,1-10H3/t39-,40-,43+,44+,45?,46?,47-,48-,49?,50?,51?,52?,55+,56+,57-,58-/m1/s1. The van der Waals surface area contributed by atoms with Crippen LogP contribution < -0.4 is 0 Å². The Morgan fingerprint density at radius 1 is 0.532 bits per heavy atom. The fraction of sp³-hybridized carbons (Fsp3) is 0.897. The predicted molar refractivity (Wildman–Crippen MR) is 255 cm³/mol. The van der Waals surface area contributed by atoms with Crippen molar-refractivity contribution in [2.24, 2.45) is 92.7 Å². The van der Waals surface area contributed by atoms with Crippen LogP contribution in [-0.2, 0) is 19.1 Å². The molecule has 6 unspecified atom stereocenters. The number of hydrogen-bond donors (Lipinski definition) is 0. The lowest BCUT2D eigenvalue weighted by Crippen LogP contribution is -2.51. The van der Waals surface area contributed by atoms with Gasteiger partial charge in [0.1, 0.15) is 12.2 Å². The summed E-state index contributed by atoms with van der Waals surface area (Å²) in [6, 6.07) is 0. The average molecular weight is 855 g/mol. The maximum Gasteiger partial charge on any atom is 0.306 e. The van der Waals surface area contributed by atoms with Gasteiger partial charge in [-0.1, -0.05) is 131 Å². The SMILES string of the molecule is CC(C)CCC[C@@H](C)[C@H]1CCC2C3CC=C4C[C@@H](OC(=O)CCC(=O)O[C@H]5CC[C@@]6(C)C(=CCC7C6CC[C@@]6(C)C7CC[C@@H]6[C@H](C)CCCC(C)C)C5)CC[C@]4(C)C3CC[C@@]21C. The molecule has 8 aliphatic rings. The number of hydrogen-bond acceptors (Lipinski definition) is 4. The molecule has 0 aromatic rings. The highest BCUT2D eigenvalue weighted by molar-refractivity contribution is 5.77. The molecule has 0 aliphatic heterocycles. The van der Waals surface area contributed by atoms with Crippen molar-refractivity contribution in [3.63, 3.8) is 0 Å². The van der Waals surface area contributed by atoms with Crippen molar-refractivity contribution < 1.29 is 19.1 Å². The van der Waals surface area contributed by atoms with Gasteiger partial charge in [-0.05, 0) is 183 Å². The van der Waals surface area contributed by atoms with Gasteiger partial charge < -0.3 is 9.47 Å². The summed E-state index contributed by atoms with van der Waals surface area (Å²) in [6.07, 6.45) is 33.2. The van der Waals surface area contributed by atoms with Crippen molar-refractivity contribution in [1.82, 2.24) is 0 Å². The Morgan fingerprint density at radius 3 is 1.32 bits per heavy atom. The van der Waals surface area contributed by atoms with Gasteiger partial charge in [0.05, 0.1) is 12.8 Å². The molecule has 0 amide bonds. The second-order valence-electron chi connectivity index (χ2n) is 25.8. The van der Waals surface area contributed by atoms with Gasteiger partial charge in [-0.3, -0.25) is 9.59 Å². The van der Waals surface area contributed by atoms with Gasteiger partial charge in [0.2, 0.25) is 0 Å². The summed E-state index contributed by atoms with van der Waals surface area (Å²) >= 11 is 0. The Bertz CT molecular complexity index is 1540. The summed E-state index contributed by atoms with van der Waals surface area (Å²) in [5.74, 6) is 9.52. The first-order valence-corrected chi connectivity index (χ1v) is 27.2. The van der Waals surface area contributed by atoms with E-state index < -0.39 is 0 Å². The third-order valence-corrected chi connectivity index (χ3v) is 21.6. The van der Waals surface area contributed by atoms with Crippen molar-refractivity contribution in [3.05, 3.63) is 23.3 Å². The van der Waals surface area contributed by atoms with E-state index in [-0.39, 0.29) is 47.8 Å². The fourth-order valence-electron chi connectivity index (χ4n) is 18.2. The van der Waals surface area contributed by atoms with Gasteiger partial charge >= 0.3 is 11.9 Å². The van der Waals surface area contributed by atoms with Crippen LogP contribution in [0.3, 0.4) is 0 Å². The van der Waals surface area contributed by atoms with E-state index in [1.165, 1.54) is 103 Å². The second-order valence-corrected chi connectivity index (χ2v) is 25.8. The molecule has 350 valence electrons. The average Bonchev–Trinajstić information content (AvgIpc) is 3.77. The van der Waals surface area contributed by atoms with Crippen molar-refractivity contribution in [2.75, 3.05) is 0 Å². The molecule has 6 fully saturated rings. The molecule has 8 rings (SSSR count). The third-order valence-electron chi connectivity index (χ3n) is 21.6. The molecule has 6 saturated carbocycles. The molecule has 4 nitrogen and oxygen atoms in total. The zero-order chi connectivity index (χ0) is 44.2. The summed E-state index contributed by atoms with van der Waals surface area (Å²) in [6.45, 7) is 25.1. The highest BCUT2D eigenvalue weighted by Gasteiger charge is 2.61. The van der Waals surface area contributed by atoms with Crippen molar-refractivity contribution in [2.45, 2.75) is 236 Å². The van der Waals surface area contributed by atoms with Crippen molar-refractivity contribution in [1.29, 1.82) is 0 Å². The number of ether oxygens (including phenoxy) is 2. The molecule has 0 spiro atoms. The highest BCUT2D eigenvalue weighted by Crippen LogP contribution is 2.69. The number of fused-ring (bicyclic) bond motifs is 10. The molecule has 0 heterocycles. The Kier molecular flexibility index (Phi) is 14.1. The molecule has 0 aromatic carbocycles. The van der Waals surface area contributed by atoms with Crippen molar-refractivity contribution in [3.8, 4) is 0 Å². The molecule has 4 heteroatoms. The van der Waals surface area contributed by atoms with Crippen LogP contribution in [0.1, 0.15) is 223 Å². The smallest absolute Gasteiger partial charge is 0.306 e. The van der Waals surface area contributed by atoms with Gasteiger partial charge in [0, 0.05) is 12.8 Å². The monoisotopic (exact) mass is 855 g/mol. The van der Waals surface area contributed by atoms with Crippen LogP contribution >= 0.6 is 0 Å². The number of carbonyl (C=O) groups is 2. The zero-order valence-corrected chi connectivity index (χ0v) is 41.8. The van der Waals surface area contributed by atoms with Crippen LogP contribution in [0.25, 0.3) is 0 Å². The fourth-order valence-corrected chi connectivity index (χ4v) is 18.2. The molecular weight excluding hydrogens is 761 g/mol. The molecule has 0 radical (unpaired) electrons. The summed E-state index contributed by atoms with van der Waals surface area (Å²) in [5.41, 5.74) is 4.62. The minimum atomic E-state index is -0.224. The summed E-state index contributed by atoms with van der Waals surface area (Å²) < 4.78 is 12.3. The highest BCUT2D eigenvalue weighted by atomic mass is 16.6. The molecular formula is C58H94O4. The van der Waals surface area contributed by atoms with Crippen LogP contribution in [0.5, 0.6) is 0 Å². The molecule has 62 heavy (non-hydrogen) atoms. The Hall–Kier alpha value is -1.58. The van der Waals surface area contributed by atoms with Gasteiger partial charge in [-0.15, -0.1) is 0 Å². The van der Waals surface area contributed by atoms with E-state index in [4.69, 9.17) is 9.47 Å². The van der Waals surface area contributed by atoms with Crippen LogP contribution in [-0.4, -0.2) is 24.1 Å². The summed E-state index contributed by atoms with van der Waals surface area (Å²) in [7, 11) is 0. The largest absolute Gasteiger partial charge is 0.462 e. The number of esters is 2. The number of carbonyl (C=O) groups excluding carboxylic acids is 2. The molecule has 0 N–H and O–H groups in total. The lowest BCUT2D eigenvalue weighted by atomic mass is 9.47. The zero-order valence-electron chi connectivity index (χ0n) is 41.8. The van der Waals surface area contributed by atoms with Gasteiger partial charge in [-0.2, -0.15) is 0 Å². The van der Waals surface area contributed by atoms with Crippen LogP contribution in [0.15, 0.2) is 23.3 Å². The van der Waals surface area contributed by atoms with E-state index in [2.05, 4.69) is 81.4 Å². The quantitative estimate of drug-likeness (QED) is 0.122. The van der Waals surface area contributed by atoms with E-state index in [1.54, 1.807) is 11.1 Å². The lowest BCUT2D eigenvalue weighted by Gasteiger charge is -2.58. The molecule has 16 atom stereocenters. The summed E-state index contributed by atoms with van der Waals surface area (Å²) in [4.78, 5) is 26.5. The van der Waals surface area contributed by atoms with Crippen LogP contribution in [0, 0.1) is 92.7 Å². The van der Waals surface area contributed by atoms with Crippen LogP contribution in [0.2, 0.25) is 0 Å². The van der Waals surface area contributed by atoms with Crippen molar-refractivity contribution >= 4 is 11.9 Å². The van der Waals surface area contributed by atoms with Gasteiger partial charge in [0.15, 0.2) is 0 Å². The first kappa shape index (κ1) is 46.9. The Morgan fingerprint density at radius 2 is 0.935 bits per heavy atom. The van der Waals surface area contributed by atoms with E-state index in [9.17, 15) is 9.59 Å². The van der Waals surface area contributed by atoms with Gasteiger partial charge in [0.25, 0.3) is 0 Å². The Balaban J connectivity index is 0.787. The lowest BCUT2D eigenvalue weighted by molar-refractivity contribution is -0.158. The predicted octanol–water partition coefficient (Wildman–Crippen LogP) is 15.7. The Labute approximate surface area is 381 Å². The maximum absolute atomic E-state index is 13.3. The third kappa shape index (κ3) is 8.86. The number of rotatable bonds is 15. The minimum Gasteiger partial charge on any atom is -0.462 e. The summed E-state index contributed by atoms with van der Waals surface area (Å²) in [5, 5.41) is 0. The normalized spacial score (nSPS) is 43.2. The van der Waals surface area contributed by atoms with Crippen LogP contribution in [0.4, 0.5) is 0 Å². The van der Waals surface area contributed by atoms with Gasteiger partial charge in [-0.25, -0.2) is 0 Å². The number of allylic oxidation sites excluding steroid dienone is 2. The minimum absolute atomic E-state index is 0.0604. The molecule has 8 aliphatic carbocycles. The molecule has 0 aromatic heterocycles. The molecule has 0 bridgehead atoms. The van der Waals surface area contributed by atoms with E-state index >= 15 is 0 Å².